The van der Waals surface area contributed by atoms with E-state index in [2.05, 4.69) is 10.5 Å². The number of hydrazone groups is 1. The Hall–Kier alpha value is 0.550. The Labute approximate surface area is 89.7 Å². The molecule has 1 heterocycles. The minimum absolute atomic E-state index is 0. The predicted molar refractivity (Wildman–Crippen MR) is 41.1 cm³/mol. The number of rotatable bonds is 0. The Morgan fingerprint density at radius 2 is 2.20 bits per heavy atom. The van der Waals surface area contributed by atoms with Gasteiger partial charge in [-0.05, 0) is 0 Å². The minimum atomic E-state index is 0. The molecule has 0 bridgehead atoms. The Kier molecular flexibility index (Phi) is 4.68. The molecule has 0 aromatic carbocycles. The molecule has 7 heteroatoms. The molecule has 0 aromatic heterocycles. The SMILES string of the molecule is ON1N=C(Cl)C=C(Cl)N1.[NaH]. The van der Waals surface area contributed by atoms with Gasteiger partial charge in [0.05, 0.1) is 0 Å². The number of nitrogens with one attached hydrogen (secondary N) is 1. The van der Waals surface area contributed by atoms with Crippen LogP contribution >= 0.6 is 23.2 Å². The van der Waals surface area contributed by atoms with E-state index < -0.39 is 0 Å². The Morgan fingerprint density at radius 1 is 1.60 bits per heavy atom. The van der Waals surface area contributed by atoms with Gasteiger partial charge in [-0.15, -0.1) is 5.10 Å². The van der Waals surface area contributed by atoms with Crippen molar-refractivity contribution in [3.63, 3.8) is 0 Å². The molecular weight excluding hydrogens is 188 g/mol. The summed E-state index contributed by atoms with van der Waals surface area (Å²) in [6.07, 6.45) is 1.37. The summed E-state index contributed by atoms with van der Waals surface area (Å²) in [4.78, 5) is 0. The number of nitrogens with zero attached hydrogens (tertiary/aromatic N) is 2. The summed E-state index contributed by atoms with van der Waals surface area (Å²) in [7, 11) is 0. The van der Waals surface area contributed by atoms with E-state index in [0.29, 0.717) is 5.28 Å². The fraction of sp³-hybridized carbons (Fsp3) is 0. The molecule has 0 aromatic rings. The van der Waals surface area contributed by atoms with Crippen LogP contribution in [0.15, 0.2) is 16.3 Å². The molecule has 52 valence electrons. The first-order valence-electron chi connectivity index (χ1n) is 2.05. The number of hydrogen-bond acceptors (Lipinski definition) is 4. The van der Waals surface area contributed by atoms with Crippen LogP contribution in [0, 0.1) is 0 Å². The van der Waals surface area contributed by atoms with E-state index in [1.807, 2.05) is 0 Å². The van der Waals surface area contributed by atoms with Crippen LogP contribution in [0.25, 0.3) is 0 Å². The van der Waals surface area contributed by atoms with E-state index in [4.69, 9.17) is 28.4 Å². The third kappa shape index (κ3) is 3.09. The van der Waals surface area contributed by atoms with Crippen molar-refractivity contribution >= 4 is 57.9 Å². The quantitative estimate of drug-likeness (QED) is 0.425. The number of hydrazine groups is 1. The summed E-state index contributed by atoms with van der Waals surface area (Å²) >= 11 is 10.7. The van der Waals surface area contributed by atoms with Crippen molar-refractivity contribution in [3.05, 3.63) is 11.2 Å². The van der Waals surface area contributed by atoms with Gasteiger partial charge >= 0.3 is 29.6 Å². The Bertz CT molecular complexity index is 183. The van der Waals surface area contributed by atoms with Crippen molar-refractivity contribution in [3.8, 4) is 0 Å². The Morgan fingerprint density at radius 3 is 2.60 bits per heavy atom. The molecule has 0 spiro atoms. The van der Waals surface area contributed by atoms with Gasteiger partial charge in [-0.25, -0.2) is 5.43 Å². The van der Waals surface area contributed by atoms with E-state index >= 15 is 0 Å². The van der Waals surface area contributed by atoms with Crippen LogP contribution in [0.2, 0.25) is 0 Å². The fourth-order valence-corrected chi connectivity index (χ4v) is 0.792. The van der Waals surface area contributed by atoms with Crippen molar-refractivity contribution in [1.29, 1.82) is 0 Å². The molecule has 1 rings (SSSR count). The van der Waals surface area contributed by atoms with E-state index in [1.165, 1.54) is 6.08 Å². The average molecular weight is 192 g/mol. The molecule has 0 unspecified atom stereocenters. The summed E-state index contributed by atoms with van der Waals surface area (Å²) < 4.78 is 0. The standard InChI is InChI=1S/C3H3Cl2N3O.Na.H/c4-2-1-3(5)7-8(9)6-2;;/h1,6,9H;;. The molecule has 0 aliphatic carbocycles. The van der Waals surface area contributed by atoms with Crippen LogP contribution in [-0.4, -0.2) is 45.2 Å². The van der Waals surface area contributed by atoms with Crippen LogP contribution in [0.4, 0.5) is 0 Å². The van der Waals surface area contributed by atoms with E-state index in [1.54, 1.807) is 0 Å². The maximum atomic E-state index is 8.57. The van der Waals surface area contributed by atoms with Crippen molar-refractivity contribution in [2.75, 3.05) is 0 Å². The van der Waals surface area contributed by atoms with Crippen LogP contribution in [0.3, 0.4) is 0 Å². The third-order valence-corrected chi connectivity index (χ3v) is 1.02. The number of hydrogen-bond donors (Lipinski definition) is 2. The summed E-state index contributed by atoms with van der Waals surface area (Å²) in [5.41, 5.74) is 2.25. The normalized spacial score (nSPS) is 16.5. The van der Waals surface area contributed by atoms with Gasteiger partial charge in [-0.2, -0.15) is 0 Å². The first kappa shape index (κ1) is 10.6. The molecule has 0 radical (unpaired) electrons. The average Bonchev–Trinajstić information content (AvgIpc) is 1.59. The molecule has 10 heavy (non-hydrogen) atoms. The van der Waals surface area contributed by atoms with Crippen LogP contribution in [-0.2, 0) is 0 Å². The monoisotopic (exact) mass is 191 g/mol. The predicted octanol–water partition coefficient (Wildman–Crippen LogP) is 0.180. The van der Waals surface area contributed by atoms with Gasteiger partial charge in [0.25, 0.3) is 0 Å². The third-order valence-electron chi connectivity index (χ3n) is 0.643. The maximum absolute atomic E-state index is 8.57. The van der Waals surface area contributed by atoms with Crippen LogP contribution < -0.4 is 5.43 Å². The Balaban J connectivity index is 0.000000810. The molecule has 0 fully saturated rings. The zero-order valence-corrected chi connectivity index (χ0v) is 5.69. The second-order valence-corrected chi connectivity index (χ2v) is 2.11. The van der Waals surface area contributed by atoms with Crippen molar-refractivity contribution < 1.29 is 5.21 Å². The van der Waals surface area contributed by atoms with E-state index in [9.17, 15) is 0 Å². The molecule has 1 aliphatic heterocycles. The van der Waals surface area contributed by atoms with Crippen molar-refractivity contribution in [2.24, 2.45) is 5.10 Å². The number of allylic oxidation sites excluding steroid dienone is 1. The molecule has 4 nitrogen and oxygen atoms in total. The first-order chi connectivity index (χ1) is 4.18. The summed E-state index contributed by atoms with van der Waals surface area (Å²) in [6, 6.07) is 0. The van der Waals surface area contributed by atoms with E-state index in [-0.39, 0.29) is 39.9 Å². The van der Waals surface area contributed by atoms with Crippen LogP contribution in [0.5, 0.6) is 0 Å². The van der Waals surface area contributed by atoms with Gasteiger partial charge in [-0.1, -0.05) is 28.5 Å². The van der Waals surface area contributed by atoms with Gasteiger partial charge in [-0.3, -0.25) is 5.21 Å². The summed E-state index contributed by atoms with van der Waals surface area (Å²) in [5.74, 6) is 0. The summed E-state index contributed by atoms with van der Waals surface area (Å²) in [6.45, 7) is 0. The first-order valence-corrected chi connectivity index (χ1v) is 2.81. The molecule has 0 saturated carbocycles. The zero-order chi connectivity index (χ0) is 6.85. The fourth-order valence-electron chi connectivity index (χ4n) is 0.377. The van der Waals surface area contributed by atoms with Crippen molar-refractivity contribution in [1.82, 2.24) is 10.7 Å². The number of halogens is 2. The second-order valence-electron chi connectivity index (χ2n) is 1.32. The van der Waals surface area contributed by atoms with Crippen molar-refractivity contribution in [2.45, 2.75) is 0 Å². The molecule has 1 aliphatic rings. The molecule has 0 atom stereocenters. The summed E-state index contributed by atoms with van der Waals surface area (Å²) in [5, 5.41) is 12.7. The van der Waals surface area contributed by atoms with Gasteiger partial charge < -0.3 is 0 Å². The van der Waals surface area contributed by atoms with Gasteiger partial charge in [0.2, 0.25) is 0 Å². The molecule has 2 N–H and O–H groups in total. The van der Waals surface area contributed by atoms with Gasteiger partial charge in [0, 0.05) is 6.08 Å². The molecule has 0 amide bonds. The van der Waals surface area contributed by atoms with Gasteiger partial charge in [0.1, 0.15) is 5.16 Å². The molecular formula is C3H4Cl2N3NaO. The second kappa shape index (κ2) is 4.43. The van der Waals surface area contributed by atoms with E-state index in [0.717, 1.165) is 0 Å². The topological polar surface area (TPSA) is 47.9 Å². The zero-order valence-electron chi connectivity index (χ0n) is 4.17. The van der Waals surface area contributed by atoms with Crippen LogP contribution in [0.1, 0.15) is 0 Å². The van der Waals surface area contributed by atoms with Gasteiger partial charge in [0.15, 0.2) is 5.17 Å². The molecule has 0 saturated heterocycles.